The molecule has 28 heavy (non-hydrogen) atoms. The quantitative estimate of drug-likeness (QED) is 0.396. The zero-order valence-corrected chi connectivity index (χ0v) is 17.9. The Kier molecular flexibility index (Phi) is 6.50. The van der Waals surface area contributed by atoms with Gasteiger partial charge in [0.1, 0.15) is 6.33 Å². The Labute approximate surface area is 174 Å². The Hall–Kier alpha value is -2.21. The van der Waals surface area contributed by atoms with Gasteiger partial charge in [0, 0.05) is 22.8 Å². The lowest BCUT2D eigenvalue weighted by Crippen LogP contribution is -2.41. The average molecular weight is 482 g/mol. The molecule has 146 valence electrons. The minimum atomic E-state index is -3.89. The van der Waals surface area contributed by atoms with E-state index in [4.69, 9.17) is 0 Å². The van der Waals surface area contributed by atoms with Crippen molar-refractivity contribution < 1.29 is 13.2 Å². The van der Waals surface area contributed by atoms with Crippen molar-refractivity contribution in [2.75, 3.05) is 0 Å². The SMILES string of the molecule is Cn1cnnc1SCc1ccc(C(=O)NNS(=O)(=O)c2ccccc2Br)cc1. The Bertz CT molecular complexity index is 1080. The molecular formula is C17H16BrN5O3S2. The predicted molar refractivity (Wildman–Crippen MR) is 109 cm³/mol. The van der Waals surface area contributed by atoms with E-state index in [1.165, 1.54) is 17.8 Å². The maximum Gasteiger partial charge on any atom is 0.266 e. The third-order valence-corrected chi connectivity index (χ3v) is 7.04. The third-order valence-electron chi connectivity index (χ3n) is 3.68. The Morgan fingerprint density at radius 3 is 2.54 bits per heavy atom. The second-order valence-electron chi connectivity index (χ2n) is 5.70. The van der Waals surface area contributed by atoms with Crippen LogP contribution in [0.5, 0.6) is 0 Å². The molecule has 2 N–H and O–H groups in total. The van der Waals surface area contributed by atoms with Gasteiger partial charge in [0.2, 0.25) is 0 Å². The summed E-state index contributed by atoms with van der Waals surface area (Å²) in [6.07, 6.45) is 1.63. The van der Waals surface area contributed by atoms with Crippen LogP contribution in [0.25, 0.3) is 0 Å². The summed E-state index contributed by atoms with van der Waals surface area (Å²) in [7, 11) is -2.02. The number of sulfonamides is 1. The molecule has 0 radical (unpaired) electrons. The number of hydrazine groups is 1. The van der Waals surface area contributed by atoms with E-state index in [-0.39, 0.29) is 4.90 Å². The summed E-state index contributed by atoms with van der Waals surface area (Å²) in [5, 5.41) is 8.61. The van der Waals surface area contributed by atoms with Crippen LogP contribution in [-0.4, -0.2) is 29.1 Å². The van der Waals surface area contributed by atoms with Crippen LogP contribution in [0, 0.1) is 0 Å². The molecule has 1 amide bonds. The van der Waals surface area contributed by atoms with E-state index >= 15 is 0 Å². The summed E-state index contributed by atoms with van der Waals surface area (Å²) in [5.74, 6) is 0.117. The first-order chi connectivity index (χ1) is 13.4. The van der Waals surface area contributed by atoms with E-state index < -0.39 is 15.9 Å². The zero-order valence-electron chi connectivity index (χ0n) is 14.7. The number of nitrogens with zero attached hydrogens (tertiary/aromatic N) is 3. The van der Waals surface area contributed by atoms with Crippen molar-refractivity contribution >= 4 is 43.6 Å². The molecule has 0 aliphatic heterocycles. The second kappa shape index (κ2) is 8.86. The second-order valence-corrected chi connectivity index (χ2v) is 9.15. The molecule has 0 atom stereocenters. The first-order valence-electron chi connectivity index (χ1n) is 7.99. The zero-order chi connectivity index (χ0) is 20.1. The number of benzene rings is 2. The average Bonchev–Trinajstić information content (AvgIpc) is 3.10. The fraction of sp³-hybridized carbons (Fsp3) is 0.118. The lowest BCUT2D eigenvalue weighted by molar-refractivity contribution is 0.0945. The molecule has 2 aromatic carbocycles. The number of carbonyl (C=O) groups is 1. The molecule has 3 aromatic rings. The van der Waals surface area contributed by atoms with E-state index in [1.54, 1.807) is 48.8 Å². The maximum atomic E-state index is 12.3. The maximum absolute atomic E-state index is 12.3. The van der Waals surface area contributed by atoms with Gasteiger partial charge in [-0.25, -0.2) is 8.42 Å². The number of aryl methyl sites for hydroxylation is 1. The van der Waals surface area contributed by atoms with Gasteiger partial charge < -0.3 is 4.57 Å². The van der Waals surface area contributed by atoms with Crippen LogP contribution in [0.1, 0.15) is 15.9 Å². The molecule has 0 spiro atoms. The van der Waals surface area contributed by atoms with Gasteiger partial charge in [-0.05, 0) is 45.8 Å². The van der Waals surface area contributed by atoms with Gasteiger partial charge in [-0.2, -0.15) is 0 Å². The number of hydrogen-bond acceptors (Lipinski definition) is 6. The number of carbonyl (C=O) groups excluding carboxylic acids is 1. The number of halogens is 1. The first-order valence-corrected chi connectivity index (χ1v) is 11.3. The number of nitrogens with one attached hydrogen (secondary N) is 2. The van der Waals surface area contributed by atoms with Crippen LogP contribution in [0.3, 0.4) is 0 Å². The van der Waals surface area contributed by atoms with Gasteiger partial charge in [0.05, 0.1) is 4.90 Å². The van der Waals surface area contributed by atoms with Crippen molar-refractivity contribution in [1.82, 2.24) is 25.0 Å². The van der Waals surface area contributed by atoms with Gasteiger partial charge >= 0.3 is 0 Å². The first kappa shape index (κ1) is 20.5. The molecule has 3 rings (SSSR count). The molecule has 0 unspecified atom stereocenters. The topological polar surface area (TPSA) is 106 Å². The van der Waals surface area contributed by atoms with Gasteiger partial charge in [0.15, 0.2) is 5.16 Å². The number of thioether (sulfide) groups is 1. The molecule has 0 bridgehead atoms. The molecule has 8 nitrogen and oxygen atoms in total. The highest BCUT2D eigenvalue weighted by Gasteiger charge is 2.18. The van der Waals surface area contributed by atoms with Crippen LogP contribution in [0.4, 0.5) is 0 Å². The van der Waals surface area contributed by atoms with Crippen molar-refractivity contribution in [3.63, 3.8) is 0 Å². The van der Waals surface area contributed by atoms with Crippen LogP contribution in [0.15, 0.2) is 69.4 Å². The lowest BCUT2D eigenvalue weighted by Gasteiger charge is -2.10. The minimum absolute atomic E-state index is 0.0337. The van der Waals surface area contributed by atoms with Crippen molar-refractivity contribution in [2.24, 2.45) is 7.05 Å². The Morgan fingerprint density at radius 2 is 1.89 bits per heavy atom. The smallest absolute Gasteiger partial charge is 0.266 e. The van der Waals surface area contributed by atoms with Gasteiger partial charge in [-0.15, -0.1) is 15.0 Å². The van der Waals surface area contributed by atoms with Crippen molar-refractivity contribution in [1.29, 1.82) is 0 Å². The van der Waals surface area contributed by atoms with Crippen LogP contribution in [0.2, 0.25) is 0 Å². The summed E-state index contributed by atoms with van der Waals surface area (Å²) in [6, 6.07) is 13.2. The van der Waals surface area contributed by atoms with Crippen LogP contribution >= 0.6 is 27.7 Å². The number of hydrogen-bond donors (Lipinski definition) is 2. The number of aromatic nitrogens is 3. The Morgan fingerprint density at radius 1 is 1.18 bits per heavy atom. The third kappa shape index (κ3) is 4.98. The minimum Gasteiger partial charge on any atom is -0.312 e. The molecule has 0 aliphatic carbocycles. The van der Waals surface area contributed by atoms with Crippen molar-refractivity contribution in [2.45, 2.75) is 15.8 Å². The highest BCUT2D eigenvalue weighted by molar-refractivity contribution is 9.10. The van der Waals surface area contributed by atoms with Gasteiger partial charge in [-0.1, -0.05) is 36.0 Å². The molecule has 0 fully saturated rings. The molecule has 0 saturated carbocycles. The van der Waals surface area contributed by atoms with E-state index in [0.29, 0.717) is 15.8 Å². The number of amides is 1. The van der Waals surface area contributed by atoms with E-state index in [9.17, 15) is 13.2 Å². The van der Waals surface area contributed by atoms with E-state index in [1.807, 2.05) is 11.6 Å². The molecular weight excluding hydrogens is 466 g/mol. The van der Waals surface area contributed by atoms with Gasteiger partial charge in [-0.3, -0.25) is 10.2 Å². The van der Waals surface area contributed by atoms with Gasteiger partial charge in [0.25, 0.3) is 15.9 Å². The summed E-state index contributed by atoms with van der Waals surface area (Å²) in [4.78, 5) is 14.4. The van der Waals surface area contributed by atoms with Crippen LogP contribution in [-0.2, 0) is 22.8 Å². The Balaban J connectivity index is 1.59. The fourth-order valence-electron chi connectivity index (χ4n) is 2.21. The van der Waals surface area contributed by atoms with E-state index in [2.05, 4.69) is 36.4 Å². The number of rotatable bonds is 7. The highest BCUT2D eigenvalue weighted by Crippen LogP contribution is 2.21. The van der Waals surface area contributed by atoms with Crippen LogP contribution < -0.4 is 10.3 Å². The summed E-state index contributed by atoms with van der Waals surface area (Å²) < 4.78 is 26.8. The molecule has 1 heterocycles. The molecule has 1 aromatic heterocycles. The summed E-state index contributed by atoms with van der Waals surface area (Å²) in [6.45, 7) is 0. The summed E-state index contributed by atoms with van der Waals surface area (Å²) in [5.41, 5.74) is 3.56. The lowest BCUT2D eigenvalue weighted by atomic mass is 10.1. The standard InChI is InChI=1S/C17H16BrN5O3S2/c1-23-11-19-21-17(23)27-10-12-6-8-13(9-7-12)16(24)20-22-28(25,26)15-5-3-2-4-14(15)18/h2-9,11,22H,10H2,1H3,(H,20,24). The van der Waals surface area contributed by atoms with Crippen molar-refractivity contribution in [3.8, 4) is 0 Å². The van der Waals surface area contributed by atoms with E-state index in [0.717, 1.165) is 10.7 Å². The molecule has 0 aliphatic rings. The largest absolute Gasteiger partial charge is 0.312 e. The monoisotopic (exact) mass is 481 g/mol. The fourth-order valence-corrected chi connectivity index (χ4v) is 4.89. The normalized spacial score (nSPS) is 11.4. The highest BCUT2D eigenvalue weighted by atomic mass is 79.9. The molecule has 11 heteroatoms. The predicted octanol–water partition coefficient (Wildman–Crippen LogP) is 2.49. The van der Waals surface area contributed by atoms with Crippen molar-refractivity contribution in [3.05, 3.63) is 70.5 Å². The molecule has 0 saturated heterocycles. The summed E-state index contributed by atoms with van der Waals surface area (Å²) >= 11 is 4.71.